The van der Waals surface area contributed by atoms with E-state index in [1.165, 1.54) is 11.8 Å². The van der Waals surface area contributed by atoms with Crippen LogP contribution in [0.4, 0.5) is 5.69 Å². The second-order valence-electron chi connectivity index (χ2n) is 6.40. The van der Waals surface area contributed by atoms with E-state index in [0.29, 0.717) is 5.16 Å². The standard InChI is InChI=1S/C21H19N3O2S2/c25-19(13-27-21-23-16-11-6-9-15(16)20(26)24-21)22-17-10-4-5-12-18(17)28-14-7-2-1-3-8-14/h1-5,7-8,10,12H,6,9,11,13H2,(H,22,25)(H,23,24,26). The van der Waals surface area contributed by atoms with Crippen LogP contribution < -0.4 is 10.9 Å². The van der Waals surface area contributed by atoms with E-state index in [0.717, 1.165) is 46.0 Å². The number of aromatic amines is 1. The van der Waals surface area contributed by atoms with Crippen LogP contribution in [0.3, 0.4) is 0 Å². The summed E-state index contributed by atoms with van der Waals surface area (Å²) in [6, 6.07) is 17.8. The molecule has 4 rings (SSSR count). The van der Waals surface area contributed by atoms with Crippen LogP contribution in [-0.4, -0.2) is 21.6 Å². The normalized spacial score (nSPS) is 12.6. The van der Waals surface area contributed by atoms with Crippen molar-refractivity contribution in [3.05, 3.63) is 76.2 Å². The van der Waals surface area contributed by atoms with Gasteiger partial charge in [-0.25, -0.2) is 4.98 Å². The molecule has 1 aliphatic carbocycles. The predicted molar refractivity (Wildman–Crippen MR) is 113 cm³/mol. The summed E-state index contributed by atoms with van der Waals surface area (Å²) in [5.74, 6) is 0.0563. The van der Waals surface area contributed by atoms with Gasteiger partial charge in [-0.05, 0) is 43.5 Å². The van der Waals surface area contributed by atoms with Gasteiger partial charge < -0.3 is 10.3 Å². The van der Waals surface area contributed by atoms with Crippen molar-refractivity contribution in [3.63, 3.8) is 0 Å². The number of rotatable bonds is 6. The largest absolute Gasteiger partial charge is 0.324 e. The van der Waals surface area contributed by atoms with E-state index in [9.17, 15) is 9.59 Å². The fourth-order valence-electron chi connectivity index (χ4n) is 3.08. The number of aryl methyl sites for hydroxylation is 1. The molecule has 3 aromatic rings. The summed E-state index contributed by atoms with van der Waals surface area (Å²) in [5, 5.41) is 3.47. The summed E-state index contributed by atoms with van der Waals surface area (Å²) < 4.78 is 0. The van der Waals surface area contributed by atoms with E-state index < -0.39 is 0 Å². The van der Waals surface area contributed by atoms with Crippen LogP contribution in [0.5, 0.6) is 0 Å². The Morgan fingerprint density at radius 2 is 1.86 bits per heavy atom. The Morgan fingerprint density at radius 3 is 2.71 bits per heavy atom. The number of nitrogens with zero attached hydrogens (tertiary/aromatic N) is 1. The number of H-pyrrole nitrogens is 1. The van der Waals surface area contributed by atoms with Gasteiger partial charge in [0.05, 0.1) is 17.1 Å². The molecule has 0 aliphatic heterocycles. The van der Waals surface area contributed by atoms with Gasteiger partial charge in [-0.1, -0.05) is 53.9 Å². The number of aromatic nitrogens is 2. The molecule has 0 atom stereocenters. The Balaban J connectivity index is 1.41. The molecular formula is C21H19N3O2S2. The molecule has 1 heterocycles. The van der Waals surface area contributed by atoms with Crippen LogP contribution in [0, 0.1) is 0 Å². The second-order valence-corrected chi connectivity index (χ2v) is 8.48. The molecule has 1 aliphatic rings. The number of nitrogens with one attached hydrogen (secondary N) is 2. The molecule has 5 nitrogen and oxygen atoms in total. The highest BCUT2D eigenvalue weighted by atomic mass is 32.2. The highest BCUT2D eigenvalue weighted by Crippen LogP contribution is 2.33. The minimum Gasteiger partial charge on any atom is -0.324 e. The van der Waals surface area contributed by atoms with Gasteiger partial charge in [0, 0.05) is 15.4 Å². The molecule has 28 heavy (non-hydrogen) atoms. The first kappa shape index (κ1) is 18.8. The summed E-state index contributed by atoms with van der Waals surface area (Å²) in [5.41, 5.74) is 2.37. The highest BCUT2D eigenvalue weighted by molar-refractivity contribution is 8.00. The number of hydrogen-bond acceptors (Lipinski definition) is 5. The maximum atomic E-state index is 12.4. The molecule has 0 bridgehead atoms. The molecule has 1 aromatic heterocycles. The smallest absolute Gasteiger partial charge is 0.254 e. The fourth-order valence-corrected chi connectivity index (χ4v) is 4.68. The first-order chi connectivity index (χ1) is 13.7. The van der Waals surface area contributed by atoms with Crippen molar-refractivity contribution in [2.45, 2.75) is 34.2 Å². The summed E-state index contributed by atoms with van der Waals surface area (Å²) in [7, 11) is 0. The van der Waals surface area contributed by atoms with Gasteiger partial charge in [-0.15, -0.1) is 0 Å². The second kappa shape index (κ2) is 8.67. The van der Waals surface area contributed by atoms with Crippen LogP contribution in [0.2, 0.25) is 0 Å². The molecule has 1 amide bonds. The van der Waals surface area contributed by atoms with Crippen LogP contribution in [-0.2, 0) is 17.6 Å². The quantitative estimate of drug-likeness (QED) is 0.473. The first-order valence-electron chi connectivity index (χ1n) is 9.06. The van der Waals surface area contributed by atoms with E-state index in [4.69, 9.17) is 0 Å². The van der Waals surface area contributed by atoms with E-state index in [1.807, 2.05) is 54.6 Å². The van der Waals surface area contributed by atoms with Crippen LogP contribution in [0.25, 0.3) is 0 Å². The number of fused-ring (bicyclic) bond motifs is 1. The third-order valence-electron chi connectivity index (χ3n) is 4.39. The zero-order chi connectivity index (χ0) is 19.3. The maximum Gasteiger partial charge on any atom is 0.254 e. The van der Waals surface area contributed by atoms with E-state index in [2.05, 4.69) is 15.3 Å². The number of carbonyl (C=O) groups excluding carboxylic acids is 1. The number of carbonyl (C=O) groups is 1. The number of thioether (sulfide) groups is 1. The van der Waals surface area contributed by atoms with Gasteiger partial charge in [0.2, 0.25) is 5.91 Å². The average molecular weight is 410 g/mol. The summed E-state index contributed by atoms with van der Waals surface area (Å²) >= 11 is 2.86. The summed E-state index contributed by atoms with van der Waals surface area (Å²) in [6.07, 6.45) is 2.60. The zero-order valence-corrected chi connectivity index (χ0v) is 16.7. The summed E-state index contributed by atoms with van der Waals surface area (Å²) in [4.78, 5) is 33.9. The van der Waals surface area contributed by atoms with Crippen LogP contribution in [0.1, 0.15) is 17.7 Å². The van der Waals surface area contributed by atoms with Crippen molar-refractivity contribution < 1.29 is 4.79 Å². The number of amides is 1. The lowest BCUT2D eigenvalue weighted by atomic mass is 10.3. The van der Waals surface area contributed by atoms with E-state index in [1.54, 1.807) is 11.8 Å². The molecule has 0 saturated heterocycles. The Hall–Kier alpha value is -2.51. The molecule has 2 aromatic carbocycles. The van der Waals surface area contributed by atoms with Crippen molar-refractivity contribution in [2.75, 3.05) is 11.1 Å². The minimum atomic E-state index is -0.130. The fraction of sp³-hybridized carbons (Fsp3) is 0.190. The minimum absolute atomic E-state index is 0.0741. The van der Waals surface area contributed by atoms with Gasteiger partial charge >= 0.3 is 0 Å². The highest BCUT2D eigenvalue weighted by Gasteiger charge is 2.17. The van der Waals surface area contributed by atoms with Gasteiger partial charge in [-0.3, -0.25) is 9.59 Å². The SMILES string of the molecule is O=C(CSc1nc2c(c(=O)[nH]1)CCC2)Nc1ccccc1Sc1ccccc1. The Labute approximate surface area is 171 Å². The molecule has 142 valence electrons. The Bertz CT molecular complexity index is 1050. The van der Waals surface area contributed by atoms with E-state index in [-0.39, 0.29) is 17.2 Å². The van der Waals surface area contributed by atoms with Crippen molar-refractivity contribution in [1.29, 1.82) is 0 Å². The molecule has 0 radical (unpaired) electrons. The number of benzene rings is 2. The molecule has 0 saturated carbocycles. The van der Waals surface area contributed by atoms with Crippen molar-refractivity contribution in [2.24, 2.45) is 0 Å². The van der Waals surface area contributed by atoms with Crippen LogP contribution in [0.15, 0.2) is 74.3 Å². The van der Waals surface area contributed by atoms with E-state index >= 15 is 0 Å². The molecule has 0 unspecified atom stereocenters. The number of hydrogen-bond donors (Lipinski definition) is 2. The van der Waals surface area contributed by atoms with Crippen LogP contribution >= 0.6 is 23.5 Å². The van der Waals surface area contributed by atoms with Gasteiger partial charge in [-0.2, -0.15) is 0 Å². The Morgan fingerprint density at radius 1 is 1.07 bits per heavy atom. The van der Waals surface area contributed by atoms with Gasteiger partial charge in [0.25, 0.3) is 5.56 Å². The predicted octanol–water partition coefficient (Wildman–Crippen LogP) is 4.14. The Kier molecular flexibility index (Phi) is 5.83. The average Bonchev–Trinajstić information content (AvgIpc) is 3.18. The molecule has 7 heteroatoms. The lowest BCUT2D eigenvalue weighted by molar-refractivity contribution is -0.113. The number of anilines is 1. The topological polar surface area (TPSA) is 74.8 Å². The maximum absolute atomic E-state index is 12.4. The third kappa shape index (κ3) is 4.48. The zero-order valence-electron chi connectivity index (χ0n) is 15.1. The van der Waals surface area contributed by atoms with Gasteiger partial charge in [0.15, 0.2) is 5.16 Å². The molecular weight excluding hydrogens is 390 g/mol. The molecule has 0 fully saturated rings. The third-order valence-corrected chi connectivity index (χ3v) is 6.35. The molecule has 0 spiro atoms. The van der Waals surface area contributed by atoms with Crippen molar-refractivity contribution in [3.8, 4) is 0 Å². The van der Waals surface area contributed by atoms with Crippen molar-refractivity contribution in [1.82, 2.24) is 9.97 Å². The lowest BCUT2D eigenvalue weighted by Gasteiger charge is -2.10. The monoisotopic (exact) mass is 409 g/mol. The number of para-hydroxylation sites is 1. The lowest BCUT2D eigenvalue weighted by Crippen LogP contribution is -2.17. The summed E-state index contributed by atoms with van der Waals surface area (Å²) in [6.45, 7) is 0. The first-order valence-corrected chi connectivity index (χ1v) is 10.9. The van der Waals surface area contributed by atoms with Gasteiger partial charge in [0.1, 0.15) is 0 Å². The molecule has 2 N–H and O–H groups in total. The van der Waals surface area contributed by atoms with Crippen molar-refractivity contribution >= 4 is 35.1 Å².